The van der Waals surface area contributed by atoms with Crippen LogP contribution < -0.4 is 0 Å². The highest BCUT2D eigenvalue weighted by atomic mass is 79.9. The highest BCUT2D eigenvalue weighted by Gasteiger charge is 2.20. The van der Waals surface area contributed by atoms with E-state index in [9.17, 15) is 8.78 Å². The summed E-state index contributed by atoms with van der Waals surface area (Å²) in [7, 11) is 0. The number of aromatic nitrogens is 3. The van der Waals surface area contributed by atoms with Crippen LogP contribution in [0.4, 0.5) is 8.78 Å². The van der Waals surface area contributed by atoms with Gasteiger partial charge in [0.1, 0.15) is 0 Å². The molecule has 2 aromatic rings. The normalized spacial score (nSPS) is 11.1. The maximum Gasteiger partial charge on any atom is 0.297 e. The molecular weight excluding hydrogens is 315 g/mol. The predicted octanol–water partition coefficient (Wildman–Crippen LogP) is 3.75. The Morgan fingerprint density at radius 2 is 2.06 bits per heavy atom. The van der Waals surface area contributed by atoms with Gasteiger partial charge >= 0.3 is 0 Å². The fraction of sp³-hybridized carbons (Fsp3) is 0.200. The van der Waals surface area contributed by atoms with E-state index in [0.717, 1.165) is 4.68 Å². The summed E-state index contributed by atoms with van der Waals surface area (Å²) in [6, 6.07) is 6.64. The smallest absolute Gasteiger partial charge is 0.210 e. The molecule has 3 nitrogen and oxygen atoms in total. The molecule has 7 heteroatoms. The van der Waals surface area contributed by atoms with Crippen LogP contribution in [0, 0.1) is 0 Å². The maximum atomic E-state index is 12.8. The van der Waals surface area contributed by atoms with Gasteiger partial charge in [-0.25, -0.2) is 18.4 Å². The van der Waals surface area contributed by atoms with Gasteiger partial charge in [0.25, 0.3) is 6.43 Å². The van der Waals surface area contributed by atoms with Crippen molar-refractivity contribution < 1.29 is 8.78 Å². The first-order chi connectivity index (χ1) is 8.13. The molecule has 0 amide bonds. The van der Waals surface area contributed by atoms with E-state index in [2.05, 4.69) is 26.0 Å². The minimum Gasteiger partial charge on any atom is -0.210 e. The number of benzene rings is 1. The number of hydrogen-bond acceptors (Lipinski definition) is 2. The third kappa shape index (κ3) is 2.47. The Kier molecular flexibility index (Phi) is 3.73. The highest BCUT2D eigenvalue weighted by Crippen LogP contribution is 2.25. The van der Waals surface area contributed by atoms with Crippen LogP contribution in [-0.4, -0.2) is 14.8 Å². The molecule has 2 rings (SSSR count). The van der Waals surface area contributed by atoms with Gasteiger partial charge < -0.3 is 0 Å². The van der Waals surface area contributed by atoms with Crippen molar-refractivity contribution in [2.24, 2.45) is 0 Å². The van der Waals surface area contributed by atoms with Crippen LogP contribution in [0.5, 0.6) is 0 Å². The Hall–Kier alpha value is -1.01. The number of rotatable bonds is 3. The lowest BCUT2D eigenvalue weighted by atomic mass is 10.3. The average molecular weight is 323 g/mol. The third-order valence-corrected chi connectivity index (χ3v) is 2.89. The molecule has 0 saturated heterocycles. The largest absolute Gasteiger partial charge is 0.297 e. The Labute approximate surface area is 110 Å². The SMILES string of the molecule is FC(F)c1nc(CBr)nn1-c1ccccc1Cl. The second-order valence-corrected chi connectivity index (χ2v) is 4.15. The molecule has 1 aromatic heterocycles. The fourth-order valence-corrected chi connectivity index (χ4v) is 1.82. The molecule has 1 aromatic carbocycles. The zero-order valence-corrected chi connectivity index (χ0v) is 10.8. The zero-order valence-electron chi connectivity index (χ0n) is 8.45. The lowest BCUT2D eigenvalue weighted by Crippen LogP contribution is -2.04. The highest BCUT2D eigenvalue weighted by molar-refractivity contribution is 9.08. The van der Waals surface area contributed by atoms with E-state index in [0.29, 0.717) is 21.9 Å². The summed E-state index contributed by atoms with van der Waals surface area (Å²) >= 11 is 9.07. The molecule has 17 heavy (non-hydrogen) atoms. The van der Waals surface area contributed by atoms with Crippen LogP contribution in [-0.2, 0) is 5.33 Å². The van der Waals surface area contributed by atoms with E-state index < -0.39 is 12.2 Å². The van der Waals surface area contributed by atoms with Crippen molar-refractivity contribution in [3.63, 3.8) is 0 Å². The summed E-state index contributed by atoms with van der Waals surface area (Å²) in [5.74, 6) is -0.118. The molecule has 1 heterocycles. The summed E-state index contributed by atoms with van der Waals surface area (Å²) in [6.45, 7) is 0. The van der Waals surface area contributed by atoms with Gasteiger partial charge in [-0.1, -0.05) is 39.7 Å². The summed E-state index contributed by atoms with van der Waals surface area (Å²) in [4.78, 5) is 3.74. The van der Waals surface area contributed by atoms with Crippen molar-refractivity contribution in [1.29, 1.82) is 0 Å². The van der Waals surface area contributed by atoms with Crippen LogP contribution in [0.3, 0.4) is 0 Å². The molecular formula is C10H7BrClF2N3. The maximum absolute atomic E-state index is 12.8. The first-order valence-corrected chi connectivity index (χ1v) is 6.18. The molecule has 0 aliphatic rings. The zero-order chi connectivity index (χ0) is 12.4. The minimum absolute atomic E-state index is 0.292. The van der Waals surface area contributed by atoms with Crippen LogP contribution in [0.15, 0.2) is 24.3 Å². The summed E-state index contributed by atoms with van der Waals surface area (Å²) in [5.41, 5.74) is 0.393. The predicted molar refractivity (Wildman–Crippen MR) is 64.0 cm³/mol. The average Bonchev–Trinajstić information content (AvgIpc) is 2.73. The van der Waals surface area contributed by atoms with Crippen molar-refractivity contribution in [3.8, 4) is 5.69 Å². The van der Waals surface area contributed by atoms with Crippen LogP contribution in [0.25, 0.3) is 5.69 Å². The van der Waals surface area contributed by atoms with E-state index in [1.54, 1.807) is 24.3 Å². The minimum atomic E-state index is -2.70. The molecule has 0 atom stereocenters. The third-order valence-electron chi connectivity index (χ3n) is 2.07. The summed E-state index contributed by atoms with van der Waals surface area (Å²) in [6.07, 6.45) is -2.70. The number of para-hydroxylation sites is 1. The first-order valence-electron chi connectivity index (χ1n) is 4.68. The van der Waals surface area contributed by atoms with Crippen LogP contribution >= 0.6 is 27.5 Å². The van der Waals surface area contributed by atoms with Crippen LogP contribution in [0.1, 0.15) is 18.1 Å². The van der Waals surface area contributed by atoms with Gasteiger partial charge in [0, 0.05) is 0 Å². The van der Waals surface area contributed by atoms with E-state index in [4.69, 9.17) is 11.6 Å². The van der Waals surface area contributed by atoms with Gasteiger partial charge in [-0.3, -0.25) is 0 Å². The number of halogens is 4. The Morgan fingerprint density at radius 1 is 1.35 bits per heavy atom. The lowest BCUT2D eigenvalue weighted by Gasteiger charge is -2.06. The fourth-order valence-electron chi connectivity index (χ4n) is 1.37. The summed E-state index contributed by atoms with van der Waals surface area (Å²) in [5, 5.41) is 4.63. The Morgan fingerprint density at radius 3 is 2.65 bits per heavy atom. The topological polar surface area (TPSA) is 30.7 Å². The first kappa shape index (κ1) is 12.4. The summed E-state index contributed by atoms with van der Waals surface area (Å²) < 4.78 is 26.7. The molecule has 0 aliphatic carbocycles. The standard InChI is InChI=1S/C10H7BrClF2N3/c11-5-8-15-10(9(13)14)17(16-8)7-4-2-1-3-6(7)12/h1-4,9H,5H2. The molecule has 0 spiro atoms. The number of hydrogen-bond donors (Lipinski definition) is 0. The molecule has 0 saturated carbocycles. The molecule has 0 fully saturated rings. The van der Waals surface area contributed by atoms with Crippen molar-refractivity contribution in [2.75, 3.05) is 0 Å². The van der Waals surface area contributed by atoms with Crippen molar-refractivity contribution in [2.45, 2.75) is 11.8 Å². The van der Waals surface area contributed by atoms with Crippen molar-refractivity contribution >= 4 is 27.5 Å². The molecule has 0 N–H and O–H groups in total. The monoisotopic (exact) mass is 321 g/mol. The van der Waals surface area contributed by atoms with Crippen LogP contribution in [0.2, 0.25) is 5.02 Å². The van der Waals surface area contributed by atoms with Gasteiger partial charge in [-0.05, 0) is 12.1 Å². The van der Waals surface area contributed by atoms with Crippen molar-refractivity contribution in [3.05, 3.63) is 40.9 Å². The molecule has 0 unspecified atom stereocenters. The van der Waals surface area contributed by atoms with E-state index in [1.165, 1.54) is 0 Å². The molecule has 90 valence electrons. The van der Waals surface area contributed by atoms with Gasteiger partial charge in [-0.2, -0.15) is 0 Å². The van der Waals surface area contributed by atoms with E-state index >= 15 is 0 Å². The van der Waals surface area contributed by atoms with Gasteiger partial charge in [0.2, 0.25) is 0 Å². The van der Waals surface area contributed by atoms with E-state index in [-0.39, 0.29) is 0 Å². The van der Waals surface area contributed by atoms with Gasteiger partial charge in [0.15, 0.2) is 11.6 Å². The molecule has 0 aliphatic heterocycles. The molecule has 0 radical (unpaired) electrons. The number of nitrogens with zero attached hydrogens (tertiary/aromatic N) is 3. The molecule has 0 bridgehead atoms. The second kappa shape index (κ2) is 5.10. The second-order valence-electron chi connectivity index (χ2n) is 3.18. The lowest BCUT2D eigenvalue weighted by molar-refractivity contribution is 0.137. The Bertz CT molecular complexity index is 530. The Balaban J connectivity index is 2.58. The quantitative estimate of drug-likeness (QED) is 0.806. The van der Waals surface area contributed by atoms with Gasteiger partial charge in [0.05, 0.1) is 16.0 Å². The number of alkyl halides is 3. The van der Waals surface area contributed by atoms with Crippen molar-refractivity contribution in [1.82, 2.24) is 14.8 Å². The van der Waals surface area contributed by atoms with E-state index in [1.807, 2.05) is 0 Å². The van der Waals surface area contributed by atoms with Gasteiger partial charge in [-0.15, -0.1) is 5.10 Å².